The fraction of sp³-hybridized carbons (Fsp3) is 0.333. The van der Waals surface area contributed by atoms with Crippen LogP contribution in [-0.2, 0) is 9.53 Å². The van der Waals surface area contributed by atoms with E-state index in [1.54, 1.807) is 6.07 Å². The third kappa shape index (κ3) is 3.03. The molecule has 0 heterocycles. The Morgan fingerprint density at radius 1 is 1.22 bits per heavy atom. The Morgan fingerprint density at radius 3 is 2.39 bits per heavy atom. The Bertz CT molecular complexity index is 457. The van der Waals surface area contributed by atoms with Crippen LogP contribution in [0.2, 0.25) is 0 Å². The summed E-state index contributed by atoms with van der Waals surface area (Å²) in [5.74, 6) is -6.27. The van der Waals surface area contributed by atoms with Gasteiger partial charge in [0, 0.05) is 0 Å². The zero-order valence-electron chi connectivity index (χ0n) is 9.91. The van der Waals surface area contributed by atoms with Gasteiger partial charge in [-0.3, -0.25) is 4.79 Å². The van der Waals surface area contributed by atoms with Crippen LogP contribution in [0.3, 0.4) is 0 Å². The molecule has 0 fully saturated rings. The molecule has 0 saturated heterocycles. The van der Waals surface area contributed by atoms with Crippen LogP contribution in [0.5, 0.6) is 5.75 Å². The summed E-state index contributed by atoms with van der Waals surface area (Å²) in [7, 11) is 2.16. The van der Waals surface area contributed by atoms with E-state index in [0.29, 0.717) is 0 Å². The third-order valence-corrected chi connectivity index (χ3v) is 2.27. The van der Waals surface area contributed by atoms with Gasteiger partial charge in [-0.15, -0.1) is 0 Å². The second-order valence-corrected chi connectivity index (χ2v) is 3.50. The lowest BCUT2D eigenvalue weighted by Gasteiger charge is -2.13. The molecular weight excluding hydrogens is 246 g/mol. The number of hydrogen-bond acceptors (Lipinski definition) is 4. The fourth-order valence-corrected chi connectivity index (χ4v) is 1.39. The molecule has 0 saturated carbocycles. The van der Waals surface area contributed by atoms with E-state index in [-0.39, 0.29) is 11.3 Å². The van der Waals surface area contributed by atoms with Crippen LogP contribution in [0.25, 0.3) is 0 Å². The molecule has 0 radical (unpaired) electrons. The quantitative estimate of drug-likeness (QED) is 0.599. The zero-order valence-corrected chi connectivity index (χ0v) is 9.91. The Labute approximate surface area is 103 Å². The van der Waals surface area contributed by atoms with Gasteiger partial charge >= 0.3 is 11.9 Å². The molecule has 1 rings (SSSR count). The van der Waals surface area contributed by atoms with Gasteiger partial charge in [0.2, 0.25) is 0 Å². The van der Waals surface area contributed by atoms with E-state index in [4.69, 9.17) is 4.74 Å². The molecular formula is C12H12F2O4. The monoisotopic (exact) mass is 258 g/mol. The maximum atomic E-state index is 13.3. The van der Waals surface area contributed by atoms with Crippen molar-refractivity contribution in [2.45, 2.75) is 12.3 Å². The van der Waals surface area contributed by atoms with E-state index in [2.05, 4.69) is 4.74 Å². The summed E-state index contributed by atoms with van der Waals surface area (Å²) in [4.78, 5) is 22.5. The molecule has 98 valence electrons. The number of ether oxygens (including phenoxy) is 2. The Kier molecular flexibility index (Phi) is 4.36. The predicted octanol–water partition coefficient (Wildman–Crippen LogP) is 2.08. The molecule has 1 aromatic rings. The Hall–Kier alpha value is -1.98. The summed E-state index contributed by atoms with van der Waals surface area (Å²) in [6.07, 6.45) is -1.25. The third-order valence-electron chi connectivity index (χ3n) is 2.27. The average Bonchev–Trinajstić information content (AvgIpc) is 2.36. The highest BCUT2D eigenvalue weighted by molar-refractivity contribution is 6.01. The lowest BCUT2D eigenvalue weighted by atomic mass is 10.0. The van der Waals surface area contributed by atoms with Crippen LogP contribution >= 0.6 is 0 Å². The lowest BCUT2D eigenvalue weighted by Crippen LogP contribution is -2.32. The molecule has 4 nitrogen and oxygen atoms in total. The number of carbonyl (C=O) groups excluding carboxylic acids is 2. The van der Waals surface area contributed by atoms with Gasteiger partial charge in [0.1, 0.15) is 5.75 Å². The number of methoxy groups -OCH3 is 2. The topological polar surface area (TPSA) is 52.6 Å². The van der Waals surface area contributed by atoms with Crippen molar-refractivity contribution in [1.82, 2.24) is 0 Å². The SMILES string of the molecule is COC(=O)C(F)(F)CC(=O)c1ccccc1OC. The molecule has 0 N–H and O–H groups in total. The minimum atomic E-state index is -3.84. The van der Waals surface area contributed by atoms with E-state index in [1.165, 1.54) is 25.3 Å². The largest absolute Gasteiger partial charge is 0.496 e. The normalized spacial score (nSPS) is 10.9. The van der Waals surface area contributed by atoms with Gasteiger partial charge in [-0.1, -0.05) is 12.1 Å². The summed E-state index contributed by atoms with van der Waals surface area (Å²) in [5, 5.41) is 0. The minimum absolute atomic E-state index is 0.00331. The first-order valence-corrected chi connectivity index (χ1v) is 5.05. The van der Waals surface area contributed by atoms with E-state index >= 15 is 0 Å². The van der Waals surface area contributed by atoms with Crippen molar-refractivity contribution in [2.75, 3.05) is 14.2 Å². The van der Waals surface area contributed by atoms with E-state index < -0.39 is 24.1 Å². The average molecular weight is 258 g/mol. The van der Waals surface area contributed by atoms with Crippen molar-refractivity contribution < 1.29 is 27.8 Å². The molecule has 0 unspecified atom stereocenters. The van der Waals surface area contributed by atoms with Gasteiger partial charge in [-0.25, -0.2) is 4.79 Å². The number of rotatable bonds is 5. The van der Waals surface area contributed by atoms with Gasteiger partial charge in [-0.05, 0) is 12.1 Å². The van der Waals surface area contributed by atoms with Crippen LogP contribution in [0, 0.1) is 0 Å². The first-order chi connectivity index (χ1) is 8.42. The number of ketones is 1. The lowest BCUT2D eigenvalue weighted by molar-refractivity contribution is -0.168. The van der Waals surface area contributed by atoms with Crippen LogP contribution < -0.4 is 4.74 Å². The number of alkyl halides is 2. The predicted molar refractivity (Wildman–Crippen MR) is 58.9 cm³/mol. The highest BCUT2D eigenvalue weighted by Gasteiger charge is 2.42. The number of esters is 1. The molecule has 0 aliphatic rings. The summed E-state index contributed by atoms with van der Waals surface area (Å²) in [5.41, 5.74) is 0.00331. The first kappa shape index (κ1) is 14.1. The molecule has 0 bridgehead atoms. The van der Waals surface area contributed by atoms with Crippen molar-refractivity contribution >= 4 is 11.8 Å². The second-order valence-electron chi connectivity index (χ2n) is 3.50. The number of hydrogen-bond donors (Lipinski definition) is 0. The Morgan fingerprint density at radius 2 is 1.83 bits per heavy atom. The maximum absolute atomic E-state index is 13.3. The minimum Gasteiger partial charge on any atom is -0.496 e. The van der Waals surface area contributed by atoms with Crippen molar-refractivity contribution in [2.24, 2.45) is 0 Å². The number of benzene rings is 1. The number of halogens is 2. The molecule has 0 spiro atoms. The van der Waals surface area contributed by atoms with Crippen LogP contribution in [0.4, 0.5) is 8.78 Å². The molecule has 0 aliphatic carbocycles. The van der Waals surface area contributed by atoms with E-state index in [9.17, 15) is 18.4 Å². The van der Waals surface area contributed by atoms with E-state index in [1.807, 2.05) is 0 Å². The standard InChI is InChI=1S/C12H12F2O4/c1-17-10-6-4-3-5-8(10)9(15)7-12(13,14)11(16)18-2/h3-6H,7H2,1-2H3. The molecule has 6 heteroatoms. The fourth-order valence-electron chi connectivity index (χ4n) is 1.39. The second kappa shape index (κ2) is 5.57. The Balaban J connectivity index is 2.92. The molecule has 0 atom stereocenters. The number of carbonyl (C=O) groups is 2. The summed E-state index contributed by atoms with van der Waals surface area (Å²) in [6.45, 7) is 0. The zero-order chi connectivity index (χ0) is 13.8. The number of Topliss-reactive ketones (excluding diaryl/α,β-unsaturated/α-hetero) is 1. The maximum Gasteiger partial charge on any atom is 0.377 e. The molecule has 0 amide bonds. The van der Waals surface area contributed by atoms with E-state index in [0.717, 1.165) is 7.11 Å². The van der Waals surface area contributed by atoms with Gasteiger partial charge in [0.25, 0.3) is 0 Å². The van der Waals surface area contributed by atoms with Gasteiger partial charge in [-0.2, -0.15) is 8.78 Å². The van der Waals surface area contributed by atoms with Crippen molar-refractivity contribution in [3.8, 4) is 5.75 Å². The number of para-hydroxylation sites is 1. The molecule has 1 aromatic carbocycles. The highest BCUT2D eigenvalue weighted by Crippen LogP contribution is 2.26. The van der Waals surface area contributed by atoms with Crippen molar-refractivity contribution in [3.63, 3.8) is 0 Å². The van der Waals surface area contributed by atoms with Crippen molar-refractivity contribution in [3.05, 3.63) is 29.8 Å². The summed E-state index contributed by atoms with van der Waals surface area (Å²) in [6, 6.07) is 5.96. The molecule has 0 aromatic heterocycles. The summed E-state index contributed by atoms with van der Waals surface area (Å²) < 4.78 is 35.3. The van der Waals surface area contributed by atoms with Crippen LogP contribution in [0.15, 0.2) is 24.3 Å². The smallest absolute Gasteiger partial charge is 0.377 e. The van der Waals surface area contributed by atoms with Gasteiger partial charge < -0.3 is 9.47 Å². The first-order valence-electron chi connectivity index (χ1n) is 5.05. The molecule has 0 aliphatic heterocycles. The van der Waals surface area contributed by atoms with Crippen LogP contribution in [-0.4, -0.2) is 31.9 Å². The highest BCUT2D eigenvalue weighted by atomic mass is 19.3. The van der Waals surface area contributed by atoms with Crippen LogP contribution in [0.1, 0.15) is 16.8 Å². The van der Waals surface area contributed by atoms with Gasteiger partial charge in [0.05, 0.1) is 26.2 Å². The summed E-state index contributed by atoms with van der Waals surface area (Å²) >= 11 is 0. The van der Waals surface area contributed by atoms with Gasteiger partial charge in [0.15, 0.2) is 5.78 Å². The molecule has 18 heavy (non-hydrogen) atoms. The van der Waals surface area contributed by atoms with Crippen molar-refractivity contribution in [1.29, 1.82) is 0 Å².